The molecule has 1 amide bonds. The van der Waals surface area contributed by atoms with Crippen LogP contribution in [0.5, 0.6) is 0 Å². The Labute approximate surface area is 114 Å². The SMILES string of the molecule is CC(O)C1CCN(CC2CCC(C(=O)NN)O2)CC1. The molecule has 2 rings (SSSR count). The molecule has 0 aromatic carbocycles. The van der Waals surface area contributed by atoms with E-state index >= 15 is 0 Å². The lowest BCUT2D eigenvalue weighted by atomic mass is 9.92. The fraction of sp³-hybridized carbons (Fsp3) is 0.923. The van der Waals surface area contributed by atoms with Gasteiger partial charge in [-0.25, -0.2) is 5.84 Å². The third-order valence-electron chi connectivity index (χ3n) is 4.32. The first kappa shape index (κ1) is 14.7. The van der Waals surface area contributed by atoms with Crippen molar-refractivity contribution in [2.75, 3.05) is 19.6 Å². The molecule has 0 saturated carbocycles. The number of nitrogens with one attached hydrogen (secondary N) is 1. The lowest BCUT2D eigenvalue weighted by molar-refractivity contribution is -0.132. The normalized spacial score (nSPS) is 31.3. The summed E-state index contributed by atoms with van der Waals surface area (Å²) in [5.41, 5.74) is 2.14. The van der Waals surface area contributed by atoms with E-state index in [1.807, 2.05) is 6.92 Å². The summed E-state index contributed by atoms with van der Waals surface area (Å²) in [6, 6.07) is 0. The van der Waals surface area contributed by atoms with Crippen molar-refractivity contribution >= 4 is 5.91 Å². The standard InChI is InChI=1S/C13H25N3O3/c1-9(17)10-4-6-16(7-5-10)8-11-2-3-12(19-11)13(18)15-14/h9-12,17H,2-8,14H2,1H3,(H,15,18). The van der Waals surface area contributed by atoms with E-state index < -0.39 is 0 Å². The molecule has 3 atom stereocenters. The van der Waals surface area contributed by atoms with Gasteiger partial charge in [-0.1, -0.05) is 0 Å². The number of hydrogen-bond acceptors (Lipinski definition) is 5. The lowest BCUT2D eigenvalue weighted by Gasteiger charge is -2.34. The Kier molecular flexibility index (Phi) is 5.15. The number of hydrazine groups is 1. The molecular formula is C13H25N3O3. The molecule has 2 aliphatic heterocycles. The summed E-state index contributed by atoms with van der Waals surface area (Å²) in [7, 11) is 0. The number of likely N-dealkylation sites (tertiary alicyclic amines) is 1. The van der Waals surface area contributed by atoms with E-state index in [1.165, 1.54) is 0 Å². The highest BCUT2D eigenvalue weighted by atomic mass is 16.5. The average Bonchev–Trinajstić information content (AvgIpc) is 2.87. The minimum Gasteiger partial charge on any atom is -0.393 e. The fourth-order valence-corrected chi connectivity index (χ4v) is 3.03. The number of nitrogens with zero attached hydrogens (tertiary/aromatic N) is 1. The molecule has 110 valence electrons. The minimum atomic E-state index is -0.384. The highest BCUT2D eigenvalue weighted by Crippen LogP contribution is 2.24. The van der Waals surface area contributed by atoms with Crippen LogP contribution >= 0.6 is 0 Å². The Morgan fingerprint density at radius 2 is 2.11 bits per heavy atom. The predicted octanol–water partition coefficient (Wildman–Crippen LogP) is -0.383. The van der Waals surface area contributed by atoms with Crippen molar-refractivity contribution in [1.82, 2.24) is 10.3 Å². The maximum atomic E-state index is 11.4. The van der Waals surface area contributed by atoms with Gasteiger partial charge in [0, 0.05) is 6.54 Å². The summed E-state index contributed by atoms with van der Waals surface area (Å²) < 4.78 is 5.71. The summed E-state index contributed by atoms with van der Waals surface area (Å²) in [5, 5.41) is 9.57. The monoisotopic (exact) mass is 271 g/mol. The first-order chi connectivity index (χ1) is 9.10. The van der Waals surface area contributed by atoms with Crippen molar-refractivity contribution in [1.29, 1.82) is 0 Å². The topological polar surface area (TPSA) is 87.8 Å². The number of carbonyl (C=O) groups excluding carboxylic acids is 1. The van der Waals surface area contributed by atoms with Gasteiger partial charge in [0.25, 0.3) is 5.91 Å². The number of aliphatic hydroxyl groups excluding tert-OH is 1. The van der Waals surface area contributed by atoms with Crippen LogP contribution in [0.2, 0.25) is 0 Å². The van der Waals surface area contributed by atoms with Crippen LogP contribution in [0.15, 0.2) is 0 Å². The molecule has 2 fully saturated rings. The van der Waals surface area contributed by atoms with Gasteiger partial charge in [-0.3, -0.25) is 10.2 Å². The fourth-order valence-electron chi connectivity index (χ4n) is 3.03. The molecule has 2 saturated heterocycles. The zero-order valence-electron chi connectivity index (χ0n) is 11.5. The highest BCUT2D eigenvalue weighted by Gasteiger charge is 2.32. The second-order valence-electron chi connectivity index (χ2n) is 5.71. The molecular weight excluding hydrogens is 246 g/mol. The minimum absolute atomic E-state index is 0.130. The Balaban J connectivity index is 1.71. The summed E-state index contributed by atoms with van der Waals surface area (Å²) in [6.07, 6.45) is 3.28. The van der Waals surface area contributed by atoms with Gasteiger partial charge in [0.1, 0.15) is 6.10 Å². The molecule has 0 aliphatic carbocycles. The molecule has 19 heavy (non-hydrogen) atoms. The quantitative estimate of drug-likeness (QED) is 0.368. The second-order valence-corrected chi connectivity index (χ2v) is 5.71. The molecule has 0 spiro atoms. The van der Waals surface area contributed by atoms with E-state index in [2.05, 4.69) is 10.3 Å². The maximum absolute atomic E-state index is 11.4. The average molecular weight is 271 g/mol. The zero-order chi connectivity index (χ0) is 13.8. The van der Waals surface area contributed by atoms with Gasteiger partial charge in [0.05, 0.1) is 12.2 Å². The molecule has 3 unspecified atom stereocenters. The van der Waals surface area contributed by atoms with Gasteiger partial charge in [0.15, 0.2) is 0 Å². The molecule has 0 aromatic heterocycles. The van der Waals surface area contributed by atoms with Crippen LogP contribution in [0, 0.1) is 5.92 Å². The van der Waals surface area contributed by atoms with Crippen molar-refractivity contribution in [3.05, 3.63) is 0 Å². The van der Waals surface area contributed by atoms with Crippen LogP contribution in [-0.4, -0.2) is 53.9 Å². The van der Waals surface area contributed by atoms with E-state index in [0.29, 0.717) is 5.92 Å². The number of hydrogen-bond donors (Lipinski definition) is 3. The number of carbonyl (C=O) groups is 1. The summed E-state index contributed by atoms with van der Waals surface area (Å²) in [5.74, 6) is 5.31. The lowest BCUT2D eigenvalue weighted by Crippen LogP contribution is -2.42. The van der Waals surface area contributed by atoms with Gasteiger partial charge < -0.3 is 14.7 Å². The molecule has 2 aliphatic rings. The summed E-state index contributed by atoms with van der Waals surface area (Å²) in [6.45, 7) is 4.75. The van der Waals surface area contributed by atoms with Crippen LogP contribution in [0.25, 0.3) is 0 Å². The van der Waals surface area contributed by atoms with Crippen molar-refractivity contribution < 1.29 is 14.6 Å². The second kappa shape index (κ2) is 6.65. The number of piperidine rings is 1. The Bertz CT molecular complexity index is 304. The smallest absolute Gasteiger partial charge is 0.263 e. The van der Waals surface area contributed by atoms with E-state index in [-0.39, 0.29) is 24.2 Å². The summed E-state index contributed by atoms with van der Waals surface area (Å²) >= 11 is 0. The van der Waals surface area contributed by atoms with E-state index in [1.54, 1.807) is 0 Å². The Morgan fingerprint density at radius 3 is 2.68 bits per heavy atom. The van der Waals surface area contributed by atoms with Crippen LogP contribution in [0.4, 0.5) is 0 Å². The van der Waals surface area contributed by atoms with E-state index in [4.69, 9.17) is 10.6 Å². The zero-order valence-corrected chi connectivity index (χ0v) is 11.5. The molecule has 4 N–H and O–H groups in total. The number of amides is 1. The predicted molar refractivity (Wildman–Crippen MR) is 71.1 cm³/mol. The van der Waals surface area contributed by atoms with Gasteiger partial charge in [-0.15, -0.1) is 0 Å². The van der Waals surface area contributed by atoms with Gasteiger partial charge in [-0.05, 0) is 51.6 Å². The molecule has 6 nitrogen and oxygen atoms in total. The van der Waals surface area contributed by atoms with Crippen molar-refractivity contribution in [2.45, 2.75) is 50.9 Å². The first-order valence-electron chi connectivity index (χ1n) is 7.16. The number of ether oxygens (including phenoxy) is 1. The highest BCUT2D eigenvalue weighted by molar-refractivity contribution is 5.80. The largest absolute Gasteiger partial charge is 0.393 e. The van der Waals surface area contributed by atoms with Crippen LogP contribution < -0.4 is 11.3 Å². The van der Waals surface area contributed by atoms with E-state index in [9.17, 15) is 9.90 Å². The number of aliphatic hydroxyl groups is 1. The number of nitrogens with two attached hydrogens (primary N) is 1. The number of rotatable bonds is 4. The first-order valence-corrected chi connectivity index (χ1v) is 7.16. The van der Waals surface area contributed by atoms with Gasteiger partial charge >= 0.3 is 0 Å². The Hall–Kier alpha value is -0.690. The van der Waals surface area contributed by atoms with Crippen LogP contribution in [-0.2, 0) is 9.53 Å². The molecule has 2 heterocycles. The van der Waals surface area contributed by atoms with Gasteiger partial charge in [-0.2, -0.15) is 0 Å². The van der Waals surface area contributed by atoms with Crippen LogP contribution in [0.3, 0.4) is 0 Å². The molecule has 0 radical (unpaired) electrons. The third kappa shape index (κ3) is 3.89. The van der Waals surface area contributed by atoms with Crippen LogP contribution in [0.1, 0.15) is 32.6 Å². The summed E-state index contributed by atoms with van der Waals surface area (Å²) in [4.78, 5) is 13.7. The molecule has 6 heteroatoms. The Morgan fingerprint density at radius 1 is 1.42 bits per heavy atom. The van der Waals surface area contributed by atoms with Crippen molar-refractivity contribution in [2.24, 2.45) is 11.8 Å². The molecule has 0 bridgehead atoms. The molecule has 0 aromatic rings. The van der Waals surface area contributed by atoms with E-state index in [0.717, 1.165) is 45.3 Å². The third-order valence-corrected chi connectivity index (χ3v) is 4.32. The van der Waals surface area contributed by atoms with Crippen molar-refractivity contribution in [3.8, 4) is 0 Å². The maximum Gasteiger partial charge on any atom is 0.263 e. The van der Waals surface area contributed by atoms with Gasteiger partial charge in [0.2, 0.25) is 0 Å². The van der Waals surface area contributed by atoms with Crippen molar-refractivity contribution in [3.63, 3.8) is 0 Å².